The monoisotopic (exact) mass is 236 g/mol. The molecule has 1 aliphatic rings. The zero-order valence-electron chi connectivity index (χ0n) is 10.3. The summed E-state index contributed by atoms with van der Waals surface area (Å²) in [6.07, 6.45) is 4.62. The number of aromatic nitrogens is 1. The molecule has 1 unspecified atom stereocenters. The molecule has 0 saturated carbocycles. The van der Waals surface area contributed by atoms with Crippen LogP contribution in [0.1, 0.15) is 25.7 Å². The van der Waals surface area contributed by atoms with Crippen molar-refractivity contribution < 1.29 is 9.84 Å². The summed E-state index contributed by atoms with van der Waals surface area (Å²) in [4.78, 5) is 6.65. The molecule has 2 heterocycles. The maximum Gasteiger partial charge on any atom is 0.214 e. The molecular formula is C13H20N2O2. The average molecular weight is 236 g/mol. The Morgan fingerprint density at radius 1 is 1.41 bits per heavy atom. The molecule has 1 fully saturated rings. The quantitative estimate of drug-likeness (QED) is 0.869. The Morgan fingerprint density at radius 2 is 2.29 bits per heavy atom. The molecule has 4 nitrogen and oxygen atoms in total. The first-order valence-electron chi connectivity index (χ1n) is 6.23. The Hall–Kier alpha value is -1.29. The van der Waals surface area contributed by atoms with Crippen LogP contribution in [-0.4, -0.2) is 36.4 Å². The molecule has 1 saturated heterocycles. The molecular weight excluding hydrogens is 216 g/mol. The van der Waals surface area contributed by atoms with Crippen LogP contribution in [-0.2, 0) is 0 Å². The van der Waals surface area contributed by atoms with Crippen LogP contribution in [0.5, 0.6) is 5.88 Å². The van der Waals surface area contributed by atoms with E-state index >= 15 is 0 Å². The minimum atomic E-state index is 0.192. The molecule has 0 aliphatic carbocycles. The van der Waals surface area contributed by atoms with Gasteiger partial charge in [-0.15, -0.1) is 0 Å². The van der Waals surface area contributed by atoms with Crippen LogP contribution in [0.15, 0.2) is 18.2 Å². The normalized spacial score (nSPS) is 21.1. The fraction of sp³-hybridized carbons (Fsp3) is 0.615. The second kappa shape index (κ2) is 5.87. The van der Waals surface area contributed by atoms with E-state index in [1.807, 2.05) is 18.2 Å². The van der Waals surface area contributed by atoms with Crippen LogP contribution >= 0.6 is 0 Å². The van der Waals surface area contributed by atoms with Crippen molar-refractivity contribution in [1.29, 1.82) is 0 Å². The van der Waals surface area contributed by atoms with E-state index in [0.29, 0.717) is 5.88 Å². The number of ether oxygens (including phenoxy) is 1. The third-order valence-corrected chi connectivity index (χ3v) is 3.30. The molecule has 0 bridgehead atoms. The highest BCUT2D eigenvalue weighted by Gasteiger charge is 2.21. The van der Waals surface area contributed by atoms with E-state index in [1.165, 1.54) is 12.8 Å². The molecule has 1 aliphatic heterocycles. The van der Waals surface area contributed by atoms with Gasteiger partial charge < -0.3 is 14.7 Å². The van der Waals surface area contributed by atoms with Gasteiger partial charge in [-0.2, -0.15) is 4.98 Å². The molecule has 17 heavy (non-hydrogen) atoms. The minimum absolute atomic E-state index is 0.192. The first-order valence-corrected chi connectivity index (χ1v) is 6.23. The Bertz CT molecular complexity index is 357. The van der Waals surface area contributed by atoms with Gasteiger partial charge in [-0.25, -0.2) is 0 Å². The van der Waals surface area contributed by atoms with Crippen LogP contribution in [0, 0.1) is 0 Å². The van der Waals surface area contributed by atoms with E-state index in [2.05, 4.69) is 9.88 Å². The molecule has 4 heteroatoms. The van der Waals surface area contributed by atoms with Crippen molar-refractivity contribution in [2.45, 2.75) is 31.7 Å². The number of pyridine rings is 1. The van der Waals surface area contributed by atoms with E-state index in [0.717, 1.165) is 25.2 Å². The molecule has 0 aromatic carbocycles. The van der Waals surface area contributed by atoms with Crippen molar-refractivity contribution in [2.75, 3.05) is 25.2 Å². The van der Waals surface area contributed by atoms with Crippen LogP contribution < -0.4 is 9.64 Å². The fourth-order valence-electron chi connectivity index (χ4n) is 2.35. The molecule has 1 aromatic rings. The van der Waals surface area contributed by atoms with Crippen molar-refractivity contribution in [2.24, 2.45) is 0 Å². The zero-order chi connectivity index (χ0) is 12.1. The van der Waals surface area contributed by atoms with Crippen LogP contribution in [0.3, 0.4) is 0 Å². The summed E-state index contributed by atoms with van der Waals surface area (Å²) in [5.41, 5.74) is 0. The average Bonchev–Trinajstić information content (AvgIpc) is 2.63. The lowest BCUT2D eigenvalue weighted by Gasteiger charge is -2.29. The number of aliphatic hydroxyl groups is 1. The molecule has 0 amide bonds. The Kier molecular flexibility index (Phi) is 4.20. The largest absolute Gasteiger partial charge is 0.481 e. The van der Waals surface area contributed by atoms with Crippen LogP contribution in [0.4, 0.5) is 5.82 Å². The number of rotatable bonds is 3. The van der Waals surface area contributed by atoms with Gasteiger partial charge >= 0.3 is 0 Å². The number of hydrogen-bond acceptors (Lipinski definition) is 4. The van der Waals surface area contributed by atoms with Crippen molar-refractivity contribution in [3.63, 3.8) is 0 Å². The smallest absolute Gasteiger partial charge is 0.214 e. The summed E-state index contributed by atoms with van der Waals surface area (Å²) in [6, 6.07) is 5.96. The van der Waals surface area contributed by atoms with Gasteiger partial charge in [-0.05, 0) is 18.9 Å². The molecule has 1 aromatic heterocycles. The highest BCUT2D eigenvalue weighted by atomic mass is 16.5. The van der Waals surface area contributed by atoms with Gasteiger partial charge in [0.25, 0.3) is 0 Å². The molecule has 2 rings (SSSR count). The fourth-order valence-corrected chi connectivity index (χ4v) is 2.35. The second-order valence-electron chi connectivity index (χ2n) is 4.42. The Balaban J connectivity index is 2.21. The number of anilines is 1. The predicted octanol–water partition coefficient (Wildman–Crippen LogP) is 1.83. The van der Waals surface area contributed by atoms with Gasteiger partial charge in [0.1, 0.15) is 5.82 Å². The zero-order valence-corrected chi connectivity index (χ0v) is 10.3. The van der Waals surface area contributed by atoms with Crippen LogP contribution in [0.2, 0.25) is 0 Å². The van der Waals surface area contributed by atoms with E-state index in [-0.39, 0.29) is 12.6 Å². The van der Waals surface area contributed by atoms with Crippen LogP contribution in [0.25, 0.3) is 0 Å². The van der Waals surface area contributed by atoms with Crippen molar-refractivity contribution >= 4 is 5.82 Å². The third kappa shape index (κ3) is 2.88. The summed E-state index contributed by atoms with van der Waals surface area (Å²) in [5.74, 6) is 1.54. The second-order valence-corrected chi connectivity index (χ2v) is 4.42. The first-order chi connectivity index (χ1) is 8.35. The van der Waals surface area contributed by atoms with Gasteiger partial charge in [-0.1, -0.05) is 18.9 Å². The lowest BCUT2D eigenvalue weighted by atomic mass is 10.1. The Morgan fingerprint density at radius 3 is 3.06 bits per heavy atom. The van der Waals surface area contributed by atoms with E-state index in [9.17, 15) is 5.11 Å². The molecule has 0 radical (unpaired) electrons. The first kappa shape index (κ1) is 12.2. The molecule has 1 N–H and O–H groups in total. The van der Waals surface area contributed by atoms with Gasteiger partial charge in [-0.3, -0.25) is 0 Å². The summed E-state index contributed by atoms with van der Waals surface area (Å²) in [7, 11) is 1.62. The third-order valence-electron chi connectivity index (χ3n) is 3.30. The standard InChI is InChI=1S/C13H20N2O2/c1-17-13-8-5-7-12(14-13)15-9-4-2-3-6-11(15)10-16/h5,7-8,11,16H,2-4,6,9-10H2,1H3. The number of nitrogens with zero attached hydrogens (tertiary/aromatic N) is 2. The minimum Gasteiger partial charge on any atom is -0.481 e. The van der Waals surface area contributed by atoms with Crippen molar-refractivity contribution in [1.82, 2.24) is 4.98 Å². The molecule has 94 valence electrons. The van der Waals surface area contributed by atoms with Gasteiger partial charge in [0, 0.05) is 12.6 Å². The summed E-state index contributed by atoms with van der Waals surface area (Å²) >= 11 is 0. The van der Waals surface area contributed by atoms with E-state index < -0.39 is 0 Å². The molecule has 0 spiro atoms. The summed E-state index contributed by atoms with van der Waals surface area (Å²) in [6.45, 7) is 1.16. The van der Waals surface area contributed by atoms with Crippen molar-refractivity contribution in [3.05, 3.63) is 18.2 Å². The molecule has 1 atom stereocenters. The van der Waals surface area contributed by atoms with E-state index in [4.69, 9.17) is 4.74 Å². The summed E-state index contributed by atoms with van der Waals surface area (Å²) in [5, 5.41) is 9.47. The number of hydrogen-bond donors (Lipinski definition) is 1. The lowest BCUT2D eigenvalue weighted by Crippen LogP contribution is -2.38. The summed E-state index contributed by atoms with van der Waals surface area (Å²) < 4.78 is 5.15. The highest BCUT2D eigenvalue weighted by molar-refractivity contribution is 5.42. The number of methoxy groups -OCH3 is 1. The maximum atomic E-state index is 9.47. The van der Waals surface area contributed by atoms with E-state index in [1.54, 1.807) is 7.11 Å². The van der Waals surface area contributed by atoms with Gasteiger partial charge in [0.05, 0.1) is 19.8 Å². The van der Waals surface area contributed by atoms with Crippen molar-refractivity contribution in [3.8, 4) is 5.88 Å². The topological polar surface area (TPSA) is 45.6 Å². The van der Waals surface area contributed by atoms with Gasteiger partial charge in [0.2, 0.25) is 5.88 Å². The SMILES string of the molecule is COc1cccc(N2CCCCCC2CO)n1. The maximum absolute atomic E-state index is 9.47. The number of aliphatic hydroxyl groups excluding tert-OH is 1. The van der Waals surface area contributed by atoms with Gasteiger partial charge in [0.15, 0.2) is 0 Å². The lowest BCUT2D eigenvalue weighted by molar-refractivity contribution is 0.254. The predicted molar refractivity (Wildman–Crippen MR) is 67.5 cm³/mol. The Labute approximate surface area is 102 Å². The highest BCUT2D eigenvalue weighted by Crippen LogP contribution is 2.23.